The van der Waals surface area contributed by atoms with Crippen LogP contribution in [-0.4, -0.2) is 87.5 Å². The molecule has 0 radical (unpaired) electrons. The van der Waals surface area contributed by atoms with Gasteiger partial charge in [0.25, 0.3) is 0 Å². The first kappa shape index (κ1) is 40.1. The summed E-state index contributed by atoms with van der Waals surface area (Å²) in [7, 11) is 0. The van der Waals surface area contributed by atoms with Gasteiger partial charge >= 0.3 is 5.97 Å². The zero-order valence-corrected chi connectivity index (χ0v) is 34.7. The van der Waals surface area contributed by atoms with Crippen LogP contribution in [0.25, 0.3) is 0 Å². The SMILES string of the molecule is C=C1CCCC2=NC[C@@H](C)[C@H](C)C[C@]23CCC(C(=O)OC(C)(C)C)=C[C@H]3[C@H]2O[C@@]3(C[C@@H]4CCC[C@]5(CC[C@]6(O[C@H](CC[C@]6(C)O)C1)O5)O4)C[C@H](C)[C@H](O)[C@@H]2O3. The first-order valence-electron chi connectivity index (χ1n) is 21.8. The maximum atomic E-state index is 13.8. The van der Waals surface area contributed by atoms with Gasteiger partial charge in [-0.25, -0.2) is 4.79 Å². The molecule has 55 heavy (non-hydrogen) atoms. The van der Waals surface area contributed by atoms with Crippen molar-refractivity contribution in [3.8, 4) is 0 Å². The standard InChI is InChI=1S/C45H69NO9/c1-27-11-9-13-35-42(23-28(2)30(4)26-46-35)18-14-31(39(48)54-40(5,6)7)22-34(42)37-38-36(47)29(3)24-44(52-37,53-38)25-33-12-10-16-43(50-33)19-20-45(55-43)41(8,49)17-15-32(21-27)51-45/h22,28-30,32-34,36-38,47,49H,1,9-21,23-26H2,2-8H3/t28-,29+,30-,32-,33+,34+,36+,37-,38+,41+,42+,43+,44+,45+/m1/s1. The Balaban J connectivity index is 1.21. The number of aliphatic hydroxyl groups is 2. The normalized spacial score (nSPS) is 49.2. The fraction of sp³-hybridized carbons (Fsp3) is 0.867. The highest BCUT2D eigenvalue weighted by Crippen LogP contribution is 2.59. The van der Waals surface area contributed by atoms with Crippen molar-refractivity contribution in [2.45, 2.75) is 210 Å². The quantitative estimate of drug-likeness (QED) is 0.203. The van der Waals surface area contributed by atoms with Crippen LogP contribution < -0.4 is 0 Å². The second-order valence-corrected chi connectivity index (χ2v) is 20.5. The number of nitrogens with zero attached hydrogens (tertiary/aromatic N) is 1. The molecule has 1 aliphatic carbocycles. The number of carbonyl (C=O) groups is 1. The molecular formula is C45H69NO9. The molecule has 10 nitrogen and oxygen atoms in total. The average Bonchev–Trinajstić information content (AvgIpc) is 3.58. The van der Waals surface area contributed by atoms with Crippen molar-refractivity contribution in [2.24, 2.45) is 34.1 Å². The van der Waals surface area contributed by atoms with Crippen LogP contribution in [0.1, 0.15) is 151 Å². The van der Waals surface area contributed by atoms with Crippen LogP contribution >= 0.6 is 0 Å². The molecule has 7 bridgehead atoms. The van der Waals surface area contributed by atoms with Crippen molar-refractivity contribution in [1.82, 2.24) is 0 Å². The fourth-order valence-corrected chi connectivity index (χ4v) is 11.9. The van der Waals surface area contributed by atoms with Gasteiger partial charge in [-0.2, -0.15) is 0 Å². The summed E-state index contributed by atoms with van der Waals surface area (Å²) in [6, 6.07) is 0. The predicted octanol–water partition coefficient (Wildman–Crippen LogP) is 7.87. The number of aliphatic imine (C=N–C) groups is 1. The van der Waals surface area contributed by atoms with E-state index in [1.54, 1.807) is 0 Å². The number of hydrogen-bond donors (Lipinski definition) is 2. The van der Waals surface area contributed by atoms with E-state index in [9.17, 15) is 15.0 Å². The summed E-state index contributed by atoms with van der Waals surface area (Å²) >= 11 is 0. The van der Waals surface area contributed by atoms with Gasteiger partial charge in [0, 0.05) is 61.3 Å². The Hall–Kier alpha value is -1.66. The first-order chi connectivity index (χ1) is 25.9. The summed E-state index contributed by atoms with van der Waals surface area (Å²) in [6.07, 6.45) is 11.7. The van der Waals surface area contributed by atoms with E-state index in [1.807, 2.05) is 27.7 Å². The molecule has 0 aromatic carbocycles. The topological polar surface area (TPSA) is 125 Å². The number of rotatable bonds is 1. The van der Waals surface area contributed by atoms with Gasteiger partial charge in [-0.3, -0.25) is 4.99 Å². The second kappa shape index (κ2) is 14.3. The minimum atomic E-state index is -1.14. The maximum absolute atomic E-state index is 13.8. The lowest BCUT2D eigenvalue weighted by Gasteiger charge is -2.50. The van der Waals surface area contributed by atoms with Crippen LogP contribution in [0, 0.1) is 29.1 Å². The molecule has 7 heterocycles. The van der Waals surface area contributed by atoms with Crippen LogP contribution in [-0.2, 0) is 33.2 Å². The van der Waals surface area contributed by atoms with Crippen LogP contribution in [0.5, 0.6) is 0 Å². The fourth-order valence-electron chi connectivity index (χ4n) is 11.9. The van der Waals surface area contributed by atoms with Crippen molar-refractivity contribution >= 4 is 11.7 Å². The number of fused-ring (bicyclic) bond motifs is 6. The van der Waals surface area contributed by atoms with E-state index in [4.69, 9.17) is 33.4 Å². The Morgan fingerprint density at radius 1 is 0.855 bits per heavy atom. The highest BCUT2D eigenvalue weighted by atomic mass is 16.8. The lowest BCUT2D eigenvalue weighted by Crippen LogP contribution is -2.60. The lowest BCUT2D eigenvalue weighted by molar-refractivity contribution is -0.403. The molecular weight excluding hydrogens is 698 g/mol. The molecule has 8 aliphatic rings. The first-order valence-corrected chi connectivity index (χ1v) is 21.8. The Morgan fingerprint density at radius 3 is 2.42 bits per heavy atom. The lowest BCUT2D eigenvalue weighted by atomic mass is 9.57. The second-order valence-electron chi connectivity index (χ2n) is 20.5. The molecule has 0 amide bonds. The molecule has 0 saturated carbocycles. The van der Waals surface area contributed by atoms with Crippen LogP contribution in [0.15, 0.2) is 28.8 Å². The largest absolute Gasteiger partial charge is 0.457 e. The summed E-state index contributed by atoms with van der Waals surface area (Å²) in [6.45, 7) is 19.7. The number of ether oxygens (including phenoxy) is 6. The summed E-state index contributed by atoms with van der Waals surface area (Å²) in [5, 5.41) is 23.7. The van der Waals surface area contributed by atoms with E-state index in [0.717, 1.165) is 76.3 Å². The third kappa shape index (κ3) is 7.35. The van der Waals surface area contributed by atoms with E-state index in [-0.39, 0.29) is 35.4 Å². The van der Waals surface area contributed by atoms with Crippen molar-refractivity contribution in [2.75, 3.05) is 6.54 Å². The molecule has 2 N–H and O–H groups in total. The van der Waals surface area contributed by atoms with E-state index in [2.05, 4.69) is 33.4 Å². The van der Waals surface area contributed by atoms with Crippen LogP contribution in [0.2, 0.25) is 0 Å². The number of carbonyl (C=O) groups excluding carboxylic acids is 1. The van der Waals surface area contributed by atoms with Gasteiger partial charge in [0.05, 0.1) is 24.4 Å². The van der Waals surface area contributed by atoms with Crippen molar-refractivity contribution in [1.29, 1.82) is 0 Å². The van der Waals surface area contributed by atoms with Gasteiger partial charge in [-0.1, -0.05) is 39.0 Å². The van der Waals surface area contributed by atoms with E-state index in [1.165, 1.54) is 5.71 Å². The summed E-state index contributed by atoms with van der Waals surface area (Å²) in [5.74, 6) is -2.76. The molecule has 6 saturated heterocycles. The van der Waals surface area contributed by atoms with E-state index >= 15 is 0 Å². The average molecular weight is 768 g/mol. The van der Waals surface area contributed by atoms with E-state index in [0.29, 0.717) is 55.9 Å². The molecule has 308 valence electrons. The van der Waals surface area contributed by atoms with Crippen molar-refractivity contribution in [3.05, 3.63) is 23.8 Å². The summed E-state index contributed by atoms with van der Waals surface area (Å²) < 4.78 is 41.2. The van der Waals surface area contributed by atoms with Gasteiger partial charge in [0.1, 0.15) is 17.3 Å². The van der Waals surface area contributed by atoms with Gasteiger partial charge in [0.2, 0.25) is 5.79 Å². The molecule has 8 rings (SSSR count). The monoisotopic (exact) mass is 767 g/mol. The van der Waals surface area contributed by atoms with E-state index < -0.39 is 46.9 Å². The summed E-state index contributed by atoms with van der Waals surface area (Å²) in [5.41, 5.74) is 0.876. The molecule has 10 heteroatoms. The van der Waals surface area contributed by atoms with Gasteiger partial charge in [-0.15, -0.1) is 0 Å². The molecule has 0 aromatic heterocycles. The van der Waals surface area contributed by atoms with Crippen molar-refractivity contribution < 1.29 is 43.4 Å². The highest BCUT2D eigenvalue weighted by molar-refractivity contribution is 5.94. The number of esters is 1. The van der Waals surface area contributed by atoms with Crippen molar-refractivity contribution in [3.63, 3.8) is 0 Å². The third-order valence-corrected chi connectivity index (χ3v) is 15.0. The molecule has 7 aliphatic heterocycles. The molecule has 0 unspecified atom stereocenters. The number of hydrogen-bond acceptors (Lipinski definition) is 10. The van der Waals surface area contributed by atoms with Crippen LogP contribution in [0.3, 0.4) is 0 Å². The zero-order chi connectivity index (χ0) is 39.2. The minimum Gasteiger partial charge on any atom is -0.457 e. The molecule has 4 spiro atoms. The molecule has 0 aromatic rings. The van der Waals surface area contributed by atoms with Crippen LogP contribution in [0.4, 0.5) is 0 Å². The summed E-state index contributed by atoms with van der Waals surface area (Å²) in [4.78, 5) is 19.3. The predicted molar refractivity (Wildman–Crippen MR) is 208 cm³/mol. The Kier molecular flexibility index (Phi) is 10.4. The molecule has 14 atom stereocenters. The Morgan fingerprint density at radius 2 is 1.64 bits per heavy atom. The minimum absolute atomic E-state index is 0.0612. The van der Waals surface area contributed by atoms with Gasteiger partial charge in [0.15, 0.2) is 11.6 Å². The zero-order valence-electron chi connectivity index (χ0n) is 34.7. The highest BCUT2D eigenvalue weighted by Gasteiger charge is 2.66. The molecule has 6 fully saturated rings. The third-order valence-electron chi connectivity index (χ3n) is 15.0. The maximum Gasteiger partial charge on any atom is 0.334 e. The number of aliphatic hydroxyl groups excluding tert-OH is 1. The van der Waals surface area contributed by atoms with Gasteiger partial charge < -0.3 is 38.6 Å². The Bertz CT molecular complexity index is 1570. The smallest absolute Gasteiger partial charge is 0.334 e. The Labute approximate surface area is 329 Å². The van der Waals surface area contributed by atoms with Gasteiger partial charge in [-0.05, 0) is 116 Å².